The first-order chi connectivity index (χ1) is 14.2. The van der Waals surface area contributed by atoms with Crippen molar-refractivity contribution < 1.29 is 4.79 Å². The molecule has 0 saturated carbocycles. The zero-order valence-corrected chi connectivity index (χ0v) is 16.7. The molecule has 1 saturated heterocycles. The highest BCUT2D eigenvalue weighted by Gasteiger charge is 2.20. The molecule has 4 rings (SSSR count). The van der Waals surface area contributed by atoms with Gasteiger partial charge in [-0.05, 0) is 68.0 Å². The molecule has 1 fully saturated rings. The zero-order valence-electron chi connectivity index (χ0n) is 16.7. The monoisotopic (exact) mass is 386 g/mol. The largest absolute Gasteiger partial charge is 0.356 e. The van der Waals surface area contributed by atoms with E-state index >= 15 is 0 Å². The molecular weight excluding hydrogens is 360 g/mol. The molecule has 0 radical (unpaired) electrons. The fourth-order valence-corrected chi connectivity index (χ4v) is 3.82. The molecule has 5 nitrogen and oxygen atoms in total. The first-order valence-electron chi connectivity index (χ1n) is 10.2. The molecular formula is C24H26N4O. The predicted octanol–water partition coefficient (Wildman–Crippen LogP) is 4.88. The van der Waals surface area contributed by atoms with Gasteiger partial charge in [0.05, 0.1) is 0 Å². The van der Waals surface area contributed by atoms with Crippen LogP contribution in [-0.2, 0) is 6.42 Å². The molecule has 29 heavy (non-hydrogen) atoms. The second-order valence-corrected chi connectivity index (χ2v) is 7.62. The summed E-state index contributed by atoms with van der Waals surface area (Å²) in [6, 6.07) is 20.1. The molecule has 1 aliphatic heterocycles. The highest BCUT2D eigenvalue weighted by molar-refractivity contribution is 5.94. The number of ketones is 1. The smallest absolute Gasteiger partial charge is 0.229 e. The summed E-state index contributed by atoms with van der Waals surface area (Å²) in [6.07, 6.45) is 5.30. The SMILES string of the molecule is CC(=O)c1ccc(Nc2nccc(N3CCC(Cc4ccccc4)CC3)n2)cc1. The predicted molar refractivity (Wildman–Crippen MR) is 117 cm³/mol. The third-order valence-corrected chi connectivity index (χ3v) is 5.49. The second-order valence-electron chi connectivity index (χ2n) is 7.62. The minimum absolute atomic E-state index is 0.0606. The van der Waals surface area contributed by atoms with Crippen molar-refractivity contribution in [3.63, 3.8) is 0 Å². The Morgan fingerprint density at radius 2 is 1.76 bits per heavy atom. The lowest BCUT2D eigenvalue weighted by atomic mass is 9.90. The zero-order chi connectivity index (χ0) is 20.1. The number of Topliss-reactive ketones (excluding diaryl/α,β-unsaturated/α-hetero) is 1. The number of rotatable bonds is 6. The summed E-state index contributed by atoms with van der Waals surface area (Å²) in [7, 11) is 0. The van der Waals surface area contributed by atoms with Gasteiger partial charge in [-0.2, -0.15) is 4.98 Å². The number of hydrogen-bond donors (Lipinski definition) is 1. The van der Waals surface area contributed by atoms with Crippen LogP contribution in [0.4, 0.5) is 17.5 Å². The van der Waals surface area contributed by atoms with E-state index in [2.05, 4.69) is 45.5 Å². The van der Waals surface area contributed by atoms with E-state index in [1.165, 1.54) is 18.4 Å². The van der Waals surface area contributed by atoms with E-state index in [9.17, 15) is 4.79 Å². The maximum Gasteiger partial charge on any atom is 0.229 e. The molecule has 0 amide bonds. The fourth-order valence-electron chi connectivity index (χ4n) is 3.82. The Kier molecular flexibility index (Phi) is 5.84. The van der Waals surface area contributed by atoms with Crippen LogP contribution in [-0.4, -0.2) is 28.8 Å². The summed E-state index contributed by atoms with van der Waals surface area (Å²) in [5.41, 5.74) is 2.99. The Morgan fingerprint density at radius 1 is 1.03 bits per heavy atom. The topological polar surface area (TPSA) is 58.1 Å². The Hall–Kier alpha value is -3.21. The lowest BCUT2D eigenvalue weighted by Gasteiger charge is -2.33. The van der Waals surface area contributed by atoms with E-state index in [0.717, 1.165) is 36.9 Å². The van der Waals surface area contributed by atoms with Crippen molar-refractivity contribution in [3.05, 3.63) is 78.0 Å². The molecule has 0 spiro atoms. The van der Waals surface area contributed by atoms with Gasteiger partial charge in [-0.3, -0.25) is 4.79 Å². The average molecular weight is 386 g/mol. The molecule has 2 heterocycles. The molecule has 1 aliphatic rings. The molecule has 0 unspecified atom stereocenters. The van der Waals surface area contributed by atoms with Crippen molar-refractivity contribution in [2.24, 2.45) is 5.92 Å². The van der Waals surface area contributed by atoms with Crippen LogP contribution in [0.3, 0.4) is 0 Å². The Morgan fingerprint density at radius 3 is 2.45 bits per heavy atom. The van der Waals surface area contributed by atoms with Gasteiger partial charge in [0.25, 0.3) is 0 Å². The minimum atomic E-state index is 0.0606. The van der Waals surface area contributed by atoms with Crippen LogP contribution >= 0.6 is 0 Å². The molecule has 0 aliphatic carbocycles. The molecule has 0 atom stereocenters. The first-order valence-corrected chi connectivity index (χ1v) is 10.2. The van der Waals surface area contributed by atoms with Crippen LogP contribution in [0.2, 0.25) is 0 Å². The van der Waals surface area contributed by atoms with Crippen LogP contribution in [0.15, 0.2) is 66.9 Å². The Labute approximate surface area is 171 Å². The van der Waals surface area contributed by atoms with Crippen LogP contribution in [0, 0.1) is 5.92 Å². The maximum atomic E-state index is 11.4. The van der Waals surface area contributed by atoms with E-state index in [0.29, 0.717) is 11.5 Å². The minimum Gasteiger partial charge on any atom is -0.356 e. The van der Waals surface area contributed by atoms with Crippen LogP contribution in [0.25, 0.3) is 0 Å². The van der Waals surface area contributed by atoms with Crippen molar-refractivity contribution in [3.8, 4) is 0 Å². The molecule has 5 heteroatoms. The normalized spacial score (nSPS) is 14.6. The lowest BCUT2D eigenvalue weighted by molar-refractivity contribution is 0.101. The Bertz CT molecular complexity index is 948. The average Bonchev–Trinajstić information content (AvgIpc) is 2.76. The maximum absolute atomic E-state index is 11.4. The highest BCUT2D eigenvalue weighted by Crippen LogP contribution is 2.25. The van der Waals surface area contributed by atoms with Gasteiger partial charge in [0.1, 0.15) is 5.82 Å². The first kappa shape index (κ1) is 19.1. The van der Waals surface area contributed by atoms with E-state index in [1.807, 2.05) is 30.3 Å². The summed E-state index contributed by atoms with van der Waals surface area (Å²) in [6.45, 7) is 3.60. The number of nitrogens with one attached hydrogen (secondary N) is 1. The molecule has 1 N–H and O–H groups in total. The summed E-state index contributed by atoms with van der Waals surface area (Å²) in [5, 5.41) is 3.23. The molecule has 2 aromatic carbocycles. The quantitative estimate of drug-likeness (QED) is 0.612. The van der Waals surface area contributed by atoms with Gasteiger partial charge in [-0.1, -0.05) is 30.3 Å². The molecule has 1 aromatic heterocycles. The number of anilines is 3. The van der Waals surface area contributed by atoms with Crippen molar-refractivity contribution >= 4 is 23.2 Å². The fraction of sp³-hybridized carbons (Fsp3) is 0.292. The van der Waals surface area contributed by atoms with Crippen molar-refractivity contribution in [2.45, 2.75) is 26.2 Å². The third-order valence-electron chi connectivity index (χ3n) is 5.49. The van der Waals surface area contributed by atoms with E-state index in [-0.39, 0.29) is 5.78 Å². The molecule has 0 bridgehead atoms. The van der Waals surface area contributed by atoms with E-state index < -0.39 is 0 Å². The number of nitrogens with zero attached hydrogens (tertiary/aromatic N) is 3. The van der Waals surface area contributed by atoms with Crippen molar-refractivity contribution in [1.82, 2.24) is 9.97 Å². The number of carbonyl (C=O) groups is 1. The number of carbonyl (C=O) groups excluding carboxylic acids is 1. The van der Waals surface area contributed by atoms with Crippen LogP contribution < -0.4 is 10.2 Å². The Balaban J connectivity index is 1.36. The number of piperidine rings is 1. The van der Waals surface area contributed by atoms with Crippen LogP contribution in [0.1, 0.15) is 35.7 Å². The van der Waals surface area contributed by atoms with E-state index in [4.69, 9.17) is 4.98 Å². The van der Waals surface area contributed by atoms with Crippen LogP contribution in [0.5, 0.6) is 0 Å². The summed E-state index contributed by atoms with van der Waals surface area (Å²) in [5.74, 6) is 2.32. The molecule has 3 aromatic rings. The van der Waals surface area contributed by atoms with Gasteiger partial charge in [-0.15, -0.1) is 0 Å². The lowest BCUT2D eigenvalue weighted by Crippen LogP contribution is -2.35. The second kappa shape index (κ2) is 8.86. The van der Waals surface area contributed by atoms with Gasteiger partial charge >= 0.3 is 0 Å². The van der Waals surface area contributed by atoms with Gasteiger partial charge in [0, 0.05) is 30.5 Å². The summed E-state index contributed by atoms with van der Waals surface area (Å²) < 4.78 is 0. The van der Waals surface area contributed by atoms with Gasteiger partial charge in [0.2, 0.25) is 5.95 Å². The van der Waals surface area contributed by atoms with Gasteiger partial charge < -0.3 is 10.2 Å². The summed E-state index contributed by atoms with van der Waals surface area (Å²) >= 11 is 0. The van der Waals surface area contributed by atoms with Crippen molar-refractivity contribution in [1.29, 1.82) is 0 Å². The molecule has 148 valence electrons. The standard InChI is InChI=1S/C24H26N4O/c1-18(29)21-7-9-22(10-8-21)26-24-25-14-11-23(27-24)28-15-12-20(13-16-28)17-19-5-3-2-4-6-19/h2-11,14,20H,12-13,15-17H2,1H3,(H,25,26,27). The number of benzene rings is 2. The third kappa shape index (κ3) is 4.99. The van der Waals surface area contributed by atoms with Gasteiger partial charge in [0.15, 0.2) is 5.78 Å². The summed E-state index contributed by atoms with van der Waals surface area (Å²) in [4.78, 5) is 22.8. The van der Waals surface area contributed by atoms with Crippen molar-refractivity contribution in [2.75, 3.05) is 23.3 Å². The number of hydrogen-bond acceptors (Lipinski definition) is 5. The highest BCUT2D eigenvalue weighted by atomic mass is 16.1. The van der Waals surface area contributed by atoms with E-state index in [1.54, 1.807) is 13.1 Å². The van der Waals surface area contributed by atoms with Gasteiger partial charge in [-0.25, -0.2) is 4.98 Å². The number of aromatic nitrogens is 2.